The molecule has 1 aliphatic carbocycles. The van der Waals surface area contributed by atoms with E-state index in [1.165, 1.54) is 0 Å². The van der Waals surface area contributed by atoms with Crippen LogP contribution in [0, 0.1) is 0 Å². The summed E-state index contributed by atoms with van der Waals surface area (Å²) in [5, 5.41) is 5.77. The van der Waals surface area contributed by atoms with Gasteiger partial charge in [0.1, 0.15) is 0 Å². The SMILES string of the molecule is CCOc1ccc(C(=O)Nc2ccc(C(=O)NC3CC3)cc2)cc1OCC. The lowest BCUT2D eigenvalue weighted by molar-refractivity contribution is 0.0950. The van der Waals surface area contributed by atoms with E-state index in [0.29, 0.717) is 47.6 Å². The Hall–Kier alpha value is -3.02. The lowest BCUT2D eigenvalue weighted by Crippen LogP contribution is -2.25. The highest BCUT2D eigenvalue weighted by Crippen LogP contribution is 2.29. The van der Waals surface area contributed by atoms with Crippen molar-refractivity contribution >= 4 is 17.5 Å². The van der Waals surface area contributed by atoms with Crippen molar-refractivity contribution in [2.24, 2.45) is 0 Å². The molecule has 0 atom stereocenters. The Kier molecular flexibility index (Phi) is 5.96. The Bertz CT molecular complexity index is 813. The normalized spacial score (nSPS) is 13.0. The Labute approximate surface area is 158 Å². The summed E-state index contributed by atoms with van der Waals surface area (Å²) < 4.78 is 11.1. The first-order valence-electron chi connectivity index (χ1n) is 9.22. The molecule has 0 spiro atoms. The van der Waals surface area contributed by atoms with E-state index in [2.05, 4.69) is 10.6 Å². The van der Waals surface area contributed by atoms with E-state index >= 15 is 0 Å². The van der Waals surface area contributed by atoms with Crippen molar-refractivity contribution in [2.45, 2.75) is 32.7 Å². The average molecular weight is 368 g/mol. The number of benzene rings is 2. The van der Waals surface area contributed by atoms with Crippen LogP contribution in [-0.4, -0.2) is 31.1 Å². The van der Waals surface area contributed by atoms with Crippen molar-refractivity contribution < 1.29 is 19.1 Å². The third-order valence-corrected chi connectivity index (χ3v) is 4.12. The van der Waals surface area contributed by atoms with Crippen LogP contribution in [0.1, 0.15) is 47.4 Å². The highest BCUT2D eigenvalue weighted by molar-refractivity contribution is 6.05. The summed E-state index contributed by atoms with van der Waals surface area (Å²) in [5.74, 6) is 0.818. The van der Waals surface area contributed by atoms with Gasteiger partial charge in [-0.05, 0) is 69.2 Å². The molecule has 0 aliphatic heterocycles. The number of carbonyl (C=O) groups excluding carboxylic acids is 2. The molecule has 1 saturated carbocycles. The van der Waals surface area contributed by atoms with Gasteiger partial charge in [0, 0.05) is 22.9 Å². The monoisotopic (exact) mass is 368 g/mol. The van der Waals surface area contributed by atoms with Crippen LogP contribution in [-0.2, 0) is 0 Å². The van der Waals surface area contributed by atoms with E-state index in [4.69, 9.17) is 9.47 Å². The third-order valence-electron chi connectivity index (χ3n) is 4.12. The molecule has 2 N–H and O–H groups in total. The first kappa shape index (κ1) is 18.8. The van der Waals surface area contributed by atoms with E-state index in [1.54, 1.807) is 42.5 Å². The number of amides is 2. The molecule has 0 aromatic heterocycles. The largest absolute Gasteiger partial charge is 0.490 e. The lowest BCUT2D eigenvalue weighted by Gasteiger charge is -2.12. The van der Waals surface area contributed by atoms with Gasteiger partial charge in [0.15, 0.2) is 11.5 Å². The van der Waals surface area contributed by atoms with Crippen LogP contribution in [0.5, 0.6) is 11.5 Å². The topological polar surface area (TPSA) is 76.7 Å². The minimum atomic E-state index is -0.255. The van der Waals surface area contributed by atoms with Gasteiger partial charge in [-0.1, -0.05) is 0 Å². The molecule has 6 nitrogen and oxygen atoms in total. The van der Waals surface area contributed by atoms with Crippen LogP contribution in [0.15, 0.2) is 42.5 Å². The maximum Gasteiger partial charge on any atom is 0.255 e. The van der Waals surface area contributed by atoms with E-state index in [1.807, 2.05) is 13.8 Å². The molecule has 142 valence electrons. The van der Waals surface area contributed by atoms with Crippen molar-refractivity contribution in [3.8, 4) is 11.5 Å². The third kappa shape index (κ3) is 5.00. The zero-order chi connectivity index (χ0) is 19.2. The maximum absolute atomic E-state index is 12.5. The Morgan fingerprint density at radius 3 is 2.15 bits per heavy atom. The van der Waals surface area contributed by atoms with Gasteiger partial charge in [0.25, 0.3) is 11.8 Å². The Morgan fingerprint density at radius 1 is 0.889 bits per heavy atom. The predicted molar refractivity (Wildman–Crippen MR) is 104 cm³/mol. The summed E-state index contributed by atoms with van der Waals surface area (Å²) in [6.07, 6.45) is 2.09. The fourth-order valence-corrected chi connectivity index (χ4v) is 2.60. The van der Waals surface area contributed by atoms with Crippen LogP contribution in [0.2, 0.25) is 0 Å². The molecule has 3 rings (SSSR count). The zero-order valence-electron chi connectivity index (χ0n) is 15.6. The molecule has 2 amide bonds. The first-order valence-corrected chi connectivity index (χ1v) is 9.22. The molecule has 1 aliphatic rings. The molecule has 27 heavy (non-hydrogen) atoms. The smallest absolute Gasteiger partial charge is 0.255 e. The van der Waals surface area contributed by atoms with E-state index in [-0.39, 0.29) is 11.8 Å². The highest BCUT2D eigenvalue weighted by Gasteiger charge is 2.23. The molecule has 0 unspecified atom stereocenters. The van der Waals surface area contributed by atoms with Crippen LogP contribution in [0.25, 0.3) is 0 Å². The molecule has 6 heteroatoms. The molecular weight excluding hydrogens is 344 g/mol. The van der Waals surface area contributed by atoms with Gasteiger partial charge in [-0.25, -0.2) is 0 Å². The fourth-order valence-electron chi connectivity index (χ4n) is 2.60. The Balaban J connectivity index is 1.67. The molecular formula is C21H24N2O4. The van der Waals surface area contributed by atoms with Crippen molar-refractivity contribution in [1.29, 1.82) is 0 Å². The van der Waals surface area contributed by atoms with Crippen molar-refractivity contribution in [1.82, 2.24) is 5.32 Å². The highest BCUT2D eigenvalue weighted by atomic mass is 16.5. The van der Waals surface area contributed by atoms with Gasteiger partial charge in [-0.2, -0.15) is 0 Å². The number of nitrogens with one attached hydrogen (secondary N) is 2. The summed E-state index contributed by atoms with van der Waals surface area (Å²) in [4.78, 5) is 24.5. The van der Waals surface area contributed by atoms with Gasteiger partial charge in [0.05, 0.1) is 13.2 Å². The molecule has 2 aromatic rings. The second-order valence-corrected chi connectivity index (χ2v) is 6.31. The zero-order valence-corrected chi connectivity index (χ0v) is 15.6. The minimum Gasteiger partial charge on any atom is -0.490 e. The molecule has 0 heterocycles. The van der Waals surface area contributed by atoms with Gasteiger partial charge in [-0.15, -0.1) is 0 Å². The molecule has 1 fully saturated rings. The number of carbonyl (C=O) groups is 2. The van der Waals surface area contributed by atoms with Gasteiger partial charge >= 0.3 is 0 Å². The van der Waals surface area contributed by atoms with Crippen molar-refractivity contribution in [3.05, 3.63) is 53.6 Å². The summed E-state index contributed by atoms with van der Waals surface area (Å²) in [7, 11) is 0. The summed E-state index contributed by atoms with van der Waals surface area (Å²) in [6.45, 7) is 4.77. The summed E-state index contributed by atoms with van der Waals surface area (Å²) >= 11 is 0. The maximum atomic E-state index is 12.5. The van der Waals surface area contributed by atoms with Crippen LogP contribution < -0.4 is 20.1 Å². The van der Waals surface area contributed by atoms with E-state index in [0.717, 1.165) is 12.8 Å². The standard InChI is InChI=1S/C21H24N2O4/c1-3-26-18-12-7-15(13-19(18)27-4-2)21(25)23-16-8-5-14(6-9-16)20(24)22-17-10-11-17/h5-9,12-13,17H,3-4,10-11H2,1-2H3,(H,22,24)(H,23,25). The number of anilines is 1. The van der Waals surface area contributed by atoms with Crippen LogP contribution in [0.4, 0.5) is 5.69 Å². The number of rotatable bonds is 8. The Morgan fingerprint density at radius 2 is 1.52 bits per heavy atom. The molecule has 2 aromatic carbocycles. The van der Waals surface area contributed by atoms with E-state index < -0.39 is 0 Å². The van der Waals surface area contributed by atoms with Gasteiger partial charge in [-0.3, -0.25) is 9.59 Å². The quantitative estimate of drug-likeness (QED) is 0.746. The van der Waals surface area contributed by atoms with Crippen molar-refractivity contribution in [2.75, 3.05) is 18.5 Å². The van der Waals surface area contributed by atoms with E-state index in [9.17, 15) is 9.59 Å². The van der Waals surface area contributed by atoms with Crippen molar-refractivity contribution in [3.63, 3.8) is 0 Å². The minimum absolute atomic E-state index is 0.0803. The summed E-state index contributed by atoms with van der Waals surface area (Å²) in [5.41, 5.74) is 1.67. The predicted octanol–water partition coefficient (Wildman–Crippen LogP) is 3.63. The number of hydrogen-bond donors (Lipinski definition) is 2. The van der Waals surface area contributed by atoms with Gasteiger partial charge < -0.3 is 20.1 Å². The summed E-state index contributed by atoms with van der Waals surface area (Å²) in [6, 6.07) is 12.3. The second kappa shape index (κ2) is 8.58. The van der Waals surface area contributed by atoms with Gasteiger partial charge in [0.2, 0.25) is 0 Å². The second-order valence-electron chi connectivity index (χ2n) is 6.31. The van der Waals surface area contributed by atoms with Crippen LogP contribution in [0.3, 0.4) is 0 Å². The lowest BCUT2D eigenvalue weighted by atomic mass is 10.1. The number of hydrogen-bond acceptors (Lipinski definition) is 4. The molecule has 0 saturated heterocycles. The average Bonchev–Trinajstić information content (AvgIpc) is 3.48. The number of ether oxygens (including phenoxy) is 2. The van der Waals surface area contributed by atoms with Crippen LogP contribution >= 0.6 is 0 Å². The molecule has 0 radical (unpaired) electrons. The fraction of sp³-hybridized carbons (Fsp3) is 0.333. The first-order chi connectivity index (χ1) is 13.1. The molecule has 0 bridgehead atoms.